The summed E-state index contributed by atoms with van der Waals surface area (Å²) in [6.07, 6.45) is 5.75. The summed E-state index contributed by atoms with van der Waals surface area (Å²) >= 11 is 0. The molecule has 10 heteroatoms. The molecule has 35 heavy (non-hydrogen) atoms. The Balaban J connectivity index is 1.31. The Kier molecular flexibility index (Phi) is 4.91. The number of H-pyrrole nitrogens is 1. The molecule has 2 fully saturated rings. The van der Waals surface area contributed by atoms with E-state index in [1.807, 2.05) is 36.2 Å². The zero-order valence-electron chi connectivity index (χ0n) is 19.3. The fraction of sp³-hybridized carbons (Fsp3) is 0.320. The predicted molar refractivity (Wildman–Crippen MR) is 132 cm³/mol. The number of aromatic amines is 1. The first-order valence-electron chi connectivity index (χ1n) is 11.8. The Bertz CT molecular complexity index is 1460. The molecule has 0 radical (unpaired) electrons. The minimum absolute atomic E-state index is 0.155. The highest BCUT2D eigenvalue weighted by Crippen LogP contribution is 2.40. The van der Waals surface area contributed by atoms with Crippen molar-refractivity contribution in [3.63, 3.8) is 0 Å². The lowest BCUT2D eigenvalue weighted by molar-refractivity contribution is -0.120. The third-order valence-electron chi connectivity index (χ3n) is 6.86. The van der Waals surface area contributed by atoms with Crippen LogP contribution in [0.1, 0.15) is 49.8 Å². The molecule has 176 valence electrons. The topological polar surface area (TPSA) is 127 Å². The molecule has 1 aromatic carbocycles. The van der Waals surface area contributed by atoms with E-state index in [4.69, 9.17) is 10.1 Å². The molecule has 10 nitrogen and oxygen atoms in total. The summed E-state index contributed by atoms with van der Waals surface area (Å²) in [5.41, 5.74) is 2.21. The highest BCUT2D eigenvalue weighted by atomic mass is 16.2. The van der Waals surface area contributed by atoms with Crippen molar-refractivity contribution in [3.8, 4) is 6.07 Å². The zero-order chi connectivity index (χ0) is 24.0. The predicted octanol–water partition coefficient (Wildman–Crippen LogP) is 3.94. The Morgan fingerprint density at radius 3 is 2.97 bits per heavy atom. The van der Waals surface area contributed by atoms with Crippen LogP contribution in [0.2, 0.25) is 0 Å². The van der Waals surface area contributed by atoms with E-state index < -0.39 is 5.54 Å². The molecule has 2 aliphatic rings. The first kappa shape index (κ1) is 21.2. The average Bonchev–Trinajstić information content (AvgIpc) is 3.23. The molecule has 1 amide bonds. The van der Waals surface area contributed by atoms with Crippen LogP contribution in [0.15, 0.2) is 48.7 Å². The summed E-state index contributed by atoms with van der Waals surface area (Å²) in [5, 5.41) is 27.7. The van der Waals surface area contributed by atoms with Gasteiger partial charge in [0, 0.05) is 36.1 Å². The maximum atomic E-state index is 13.5. The molecule has 1 saturated carbocycles. The number of aromatic nitrogens is 5. The minimum Gasteiger partial charge on any atom is -0.325 e. The third-order valence-corrected chi connectivity index (χ3v) is 6.86. The van der Waals surface area contributed by atoms with Crippen molar-refractivity contribution in [2.45, 2.75) is 44.1 Å². The van der Waals surface area contributed by atoms with E-state index in [1.165, 1.54) is 12.8 Å². The molecule has 1 saturated heterocycles. The van der Waals surface area contributed by atoms with E-state index in [0.29, 0.717) is 47.7 Å². The summed E-state index contributed by atoms with van der Waals surface area (Å²) in [4.78, 5) is 20.3. The van der Waals surface area contributed by atoms with Crippen molar-refractivity contribution in [1.82, 2.24) is 24.8 Å². The van der Waals surface area contributed by atoms with Crippen molar-refractivity contribution < 1.29 is 4.79 Å². The second-order valence-corrected chi connectivity index (χ2v) is 9.38. The maximum absolute atomic E-state index is 13.5. The lowest BCUT2D eigenvalue weighted by atomic mass is 9.97. The summed E-state index contributed by atoms with van der Waals surface area (Å²) in [6, 6.07) is 14.9. The van der Waals surface area contributed by atoms with E-state index in [1.54, 1.807) is 28.8 Å². The largest absolute Gasteiger partial charge is 0.325 e. The number of rotatable bonds is 6. The number of nitrogens with one attached hydrogen (secondary N) is 3. The molecule has 0 bridgehead atoms. The second-order valence-electron chi connectivity index (χ2n) is 9.38. The first-order valence-corrected chi connectivity index (χ1v) is 11.8. The van der Waals surface area contributed by atoms with Gasteiger partial charge in [0.2, 0.25) is 11.9 Å². The summed E-state index contributed by atoms with van der Waals surface area (Å²) in [7, 11) is 0. The molecule has 1 aliphatic carbocycles. The van der Waals surface area contributed by atoms with Gasteiger partial charge in [-0.3, -0.25) is 9.89 Å². The number of nitriles is 1. The fourth-order valence-electron chi connectivity index (χ4n) is 4.71. The minimum atomic E-state index is -0.841. The average molecular weight is 468 g/mol. The van der Waals surface area contributed by atoms with Gasteiger partial charge in [0.1, 0.15) is 11.1 Å². The van der Waals surface area contributed by atoms with Gasteiger partial charge in [-0.25, -0.2) is 4.52 Å². The molecule has 6 rings (SSSR count). The van der Waals surface area contributed by atoms with E-state index in [2.05, 4.69) is 26.9 Å². The van der Waals surface area contributed by atoms with Crippen molar-refractivity contribution in [2.75, 3.05) is 22.1 Å². The van der Waals surface area contributed by atoms with Crippen LogP contribution >= 0.6 is 0 Å². The van der Waals surface area contributed by atoms with Crippen LogP contribution in [0.25, 0.3) is 5.52 Å². The number of nitrogens with zero attached hydrogens (tertiary/aromatic N) is 6. The number of carbonyl (C=O) groups is 1. The van der Waals surface area contributed by atoms with Gasteiger partial charge in [-0.05, 0) is 62.9 Å². The van der Waals surface area contributed by atoms with Crippen LogP contribution in [0.3, 0.4) is 0 Å². The van der Waals surface area contributed by atoms with Crippen molar-refractivity contribution >= 4 is 34.7 Å². The second kappa shape index (κ2) is 8.13. The lowest BCUT2D eigenvalue weighted by Gasteiger charge is -2.34. The number of hydrogen-bond donors (Lipinski definition) is 3. The van der Waals surface area contributed by atoms with Gasteiger partial charge in [-0.1, -0.05) is 6.07 Å². The highest BCUT2D eigenvalue weighted by molar-refractivity contribution is 6.00. The normalized spacial score (nSPS) is 19.6. The maximum Gasteiger partial charge on any atom is 0.250 e. The first-order chi connectivity index (χ1) is 17.0. The number of amides is 1. The van der Waals surface area contributed by atoms with Gasteiger partial charge in [0.05, 0.1) is 11.6 Å². The lowest BCUT2D eigenvalue weighted by Crippen LogP contribution is -2.51. The van der Waals surface area contributed by atoms with Gasteiger partial charge in [0.25, 0.3) is 0 Å². The van der Waals surface area contributed by atoms with Crippen molar-refractivity contribution in [1.29, 1.82) is 5.26 Å². The number of benzene rings is 1. The van der Waals surface area contributed by atoms with Gasteiger partial charge < -0.3 is 15.5 Å². The van der Waals surface area contributed by atoms with Crippen LogP contribution in [0, 0.1) is 11.3 Å². The van der Waals surface area contributed by atoms with E-state index in [-0.39, 0.29) is 5.91 Å². The molecule has 4 aromatic rings. The molecular weight excluding hydrogens is 442 g/mol. The molecule has 3 N–H and O–H groups in total. The Labute approximate surface area is 202 Å². The Morgan fingerprint density at radius 2 is 2.14 bits per heavy atom. The quantitative estimate of drug-likeness (QED) is 0.392. The van der Waals surface area contributed by atoms with Crippen LogP contribution in [-0.2, 0) is 4.79 Å². The van der Waals surface area contributed by atoms with Crippen LogP contribution in [-0.4, -0.2) is 42.8 Å². The monoisotopic (exact) mass is 467 g/mol. The SMILES string of the molecule is C[C@@]1(C(=O)Nc2cccc(C#N)c2)CCCN1c1nc(Nc2cc(C3CC3)[nH]n2)c2cccn2n1. The molecule has 0 unspecified atom stereocenters. The van der Waals surface area contributed by atoms with Gasteiger partial charge in [0.15, 0.2) is 11.6 Å². The summed E-state index contributed by atoms with van der Waals surface area (Å²) in [6.45, 7) is 2.57. The van der Waals surface area contributed by atoms with Gasteiger partial charge >= 0.3 is 0 Å². The zero-order valence-corrected chi connectivity index (χ0v) is 19.3. The van der Waals surface area contributed by atoms with Crippen LogP contribution in [0.5, 0.6) is 0 Å². The van der Waals surface area contributed by atoms with E-state index in [9.17, 15) is 10.1 Å². The summed E-state index contributed by atoms with van der Waals surface area (Å²) in [5.74, 6) is 2.22. The smallest absolute Gasteiger partial charge is 0.250 e. The van der Waals surface area contributed by atoms with Gasteiger partial charge in [-0.2, -0.15) is 15.3 Å². The Hall–Kier alpha value is -4.39. The Morgan fingerprint density at radius 1 is 1.26 bits per heavy atom. The number of carbonyl (C=O) groups excluding carboxylic acids is 1. The number of anilines is 4. The molecule has 1 atom stereocenters. The van der Waals surface area contributed by atoms with E-state index >= 15 is 0 Å². The third kappa shape index (κ3) is 3.85. The number of hydrogen-bond acceptors (Lipinski definition) is 7. The molecular formula is C25H25N9O. The number of fused-ring (bicyclic) bond motifs is 1. The molecule has 4 heterocycles. The van der Waals surface area contributed by atoms with E-state index in [0.717, 1.165) is 17.6 Å². The molecule has 1 aliphatic heterocycles. The van der Waals surface area contributed by atoms with Crippen LogP contribution in [0.4, 0.5) is 23.3 Å². The van der Waals surface area contributed by atoms with Crippen LogP contribution < -0.4 is 15.5 Å². The molecule has 0 spiro atoms. The summed E-state index contributed by atoms with van der Waals surface area (Å²) < 4.78 is 1.77. The molecule has 3 aromatic heterocycles. The van der Waals surface area contributed by atoms with Crippen molar-refractivity contribution in [2.24, 2.45) is 0 Å². The fourth-order valence-corrected chi connectivity index (χ4v) is 4.71. The highest BCUT2D eigenvalue weighted by Gasteiger charge is 2.45. The van der Waals surface area contributed by atoms with Crippen molar-refractivity contribution in [3.05, 3.63) is 59.9 Å². The standard InChI is InChI=1S/C25H25N9O/c1-25(23(35)27-18-6-2-5-16(13-18)15-26)10-4-11-33(25)24-29-22(20-7-3-12-34(20)32-24)28-21-14-19(30-31-21)17-8-9-17/h2-3,5-7,12-14,17H,4,8-11H2,1H3,(H,27,35)(H2,28,29,30,31,32)/t25-/m0/s1. The van der Waals surface area contributed by atoms with Gasteiger partial charge in [-0.15, -0.1) is 5.10 Å².